The highest BCUT2D eigenvalue weighted by Gasteiger charge is 2.24. The molecule has 0 unspecified atom stereocenters. The Balaban J connectivity index is 3.19. The van der Waals surface area contributed by atoms with Crippen LogP contribution in [-0.2, 0) is 0 Å². The Morgan fingerprint density at radius 1 is 0.941 bits per heavy atom. The summed E-state index contributed by atoms with van der Waals surface area (Å²) in [5.74, 6) is 2.53. The van der Waals surface area contributed by atoms with Gasteiger partial charge < -0.3 is 4.90 Å². The Kier molecular flexibility index (Phi) is 4.80. The Morgan fingerprint density at radius 2 is 1.53 bits per heavy atom. The molecule has 1 rings (SSSR count). The molecule has 0 amide bonds. The topological polar surface area (TPSA) is 3.24 Å². The molecule has 1 aliphatic rings. The molecule has 0 saturated heterocycles. The highest BCUT2D eigenvalue weighted by atomic mass is 15.1. The minimum Gasteiger partial charge on any atom is -0.302 e. The number of allylic oxidation sites excluding steroid dienone is 2. The van der Waals surface area contributed by atoms with Gasteiger partial charge in [0.1, 0.15) is 0 Å². The van der Waals surface area contributed by atoms with E-state index in [1.807, 2.05) is 0 Å². The van der Waals surface area contributed by atoms with Gasteiger partial charge in [-0.2, -0.15) is 0 Å². The lowest BCUT2D eigenvalue weighted by atomic mass is 9.80. The maximum Gasteiger partial charge on any atom is 0.0357 e. The van der Waals surface area contributed by atoms with Gasteiger partial charge in [0.2, 0.25) is 0 Å². The molecule has 1 nitrogen and oxygen atoms in total. The molecule has 1 atom stereocenters. The summed E-state index contributed by atoms with van der Waals surface area (Å²) < 4.78 is 0. The first-order valence-corrected chi connectivity index (χ1v) is 6.57. The lowest BCUT2D eigenvalue weighted by molar-refractivity contribution is 0.346. The summed E-state index contributed by atoms with van der Waals surface area (Å²) in [5, 5.41) is 0. The normalized spacial score (nSPS) is 18.9. The molecule has 0 aromatic heterocycles. The highest BCUT2D eigenvalue weighted by molar-refractivity contribution is 5.45. The molecule has 1 aliphatic carbocycles. The van der Waals surface area contributed by atoms with Gasteiger partial charge in [-0.25, -0.2) is 0 Å². The second kappa shape index (κ2) is 5.71. The first-order chi connectivity index (χ1) is 7.84. The Bertz CT molecular complexity index is 352. The number of hydrogen-bond donors (Lipinski definition) is 0. The maximum absolute atomic E-state index is 3.63. The predicted molar refractivity (Wildman–Crippen MR) is 75.7 cm³/mol. The molecule has 0 aromatic carbocycles. The van der Waals surface area contributed by atoms with Gasteiger partial charge in [-0.1, -0.05) is 39.8 Å². The molecule has 0 aromatic rings. The van der Waals surface area contributed by atoms with E-state index in [4.69, 9.17) is 0 Å². The third-order valence-electron chi connectivity index (χ3n) is 3.47. The van der Waals surface area contributed by atoms with Crippen LogP contribution in [0.25, 0.3) is 0 Å². The van der Waals surface area contributed by atoms with Crippen LogP contribution >= 0.6 is 0 Å². The van der Waals surface area contributed by atoms with Crippen molar-refractivity contribution in [1.82, 2.24) is 4.90 Å². The van der Waals surface area contributed by atoms with Crippen LogP contribution in [0.15, 0.2) is 29.0 Å². The minimum atomic E-state index is 0.422. The third-order valence-corrected chi connectivity index (χ3v) is 3.47. The standard InChI is InChI=1S/C16H26N/c1-11(2)14-8-9-15(12(3)4)16(10-14)13(5)17(6)7/h8-9,11-13H,1-7H3/t13-/m0/s1. The van der Waals surface area contributed by atoms with Gasteiger partial charge in [0, 0.05) is 17.5 Å². The number of nitrogens with zero attached hydrogens (tertiary/aromatic N) is 1. The van der Waals surface area contributed by atoms with Crippen LogP contribution in [0.4, 0.5) is 0 Å². The summed E-state index contributed by atoms with van der Waals surface area (Å²) in [6.07, 6.45) is 4.51. The summed E-state index contributed by atoms with van der Waals surface area (Å²) in [6.45, 7) is 11.2. The van der Waals surface area contributed by atoms with Crippen molar-refractivity contribution in [3.63, 3.8) is 0 Å². The quantitative estimate of drug-likeness (QED) is 0.666. The average molecular weight is 232 g/mol. The Labute approximate surface area is 107 Å². The zero-order valence-corrected chi connectivity index (χ0v) is 12.3. The fourth-order valence-corrected chi connectivity index (χ4v) is 1.98. The minimum absolute atomic E-state index is 0.422. The Morgan fingerprint density at radius 3 is 1.94 bits per heavy atom. The molecular formula is C16H26N. The van der Waals surface area contributed by atoms with Crippen LogP contribution in [0.5, 0.6) is 0 Å². The van der Waals surface area contributed by atoms with Gasteiger partial charge in [0.05, 0.1) is 0 Å². The first kappa shape index (κ1) is 14.3. The number of likely N-dealkylation sites (N-methyl/N-ethyl adjacent to an activating group) is 1. The summed E-state index contributed by atoms with van der Waals surface area (Å²) in [7, 11) is 4.26. The van der Waals surface area contributed by atoms with Crippen LogP contribution < -0.4 is 0 Å². The molecule has 95 valence electrons. The molecule has 17 heavy (non-hydrogen) atoms. The van der Waals surface area contributed by atoms with Gasteiger partial charge in [-0.3, -0.25) is 0 Å². The smallest absolute Gasteiger partial charge is 0.0357 e. The molecule has 1 radical (unpaired) electrons. The van der Waals surface area contributed by atoms with Gasteiger partial charge >= 0.3 is 0 Å². The van der Waals surface area contributed by atoms with Gasteiger partial charge in [-0.15, -0.1) is 5.73 Å². The van der Waals surface area contributed by atoms with E-state index in [1.54, 1.807) is 0 Å². The lowest BCUT2D eigenvalue weighted by Crippen LogP contribution is -2.30. The molecule has 0 heterocycles. The summed E-state index contributed by atoms with van der Waals surface area (Å²) in [4.78, 5) is 2.25. The summed E-state index contributed by atoms with van der Waals surface area (Å²) in [6, 6.07) is 0.422. The van der Waals surface area contributed by atoms with Crippen molar-refractivity contribution >= 4 is 0 Å². The third kappa shape index (κ3) is 3.34. The van der Waals surface area contributed by atoms with Crippen molar-refractivity contribution < 1.29 is 0 Å². The van der Waals surface area contributed by atoms with Crippen LogP contribution in [0, 0.1) is 17.8 Å². The van der Waals surface area contributed by atoms with E-state index >= 15 is 0 Å². The highest BCUT2D eigenvalue weighted by Crippen LogP contribution is 2.32. The zero-order chi connectivity index (χ0) is 13.2. The SMILES string of the molecule is CC(C)[C]1C=CC(C(C)C)=C=C1[C@H](C)N(C)C. The average Bonchev–Trinajstić information content (AvgIpc) is 2.26. The number of rotatable bonds is 4. The van der Waals surface area contributed by atoms with E-state index < -0.39 is 0 Å². The van der Waals surface area contributed by atoms with Crippen molar-refractivity contribution in [1.29, 1.82) is 0 Å². The monoisotopic (exact) mass is 232 g/mol. The molecule has 0 N–H and O–H groups in total. The van der Waals surface area contributed by atoms with Crippen LogP contribution in [-0.4, -0.2) is 25.0 Å². The molecule has 0 bridgehead atoms. The Hall–Kier alpha value is -0.780. The van der Waals surface area contributed by atoms with Crippen LogP contribution in [0.3, 0.4) is 0 Å². The fraction of sp³-hybridized carbons (Fsp3) is 0.625. The van der Waals surface area contributed by atoms with Crippen molar-refractivity contribution in [3.05, 3.63) is 34.9 Å². The van der Waals surface area contributed by atoms with Crippen molar-refractivity contribution in [2.24, 2.45) is 11.8 Å². The van der Waals surface area contributed by atoms with Crippen molar-refractivity contribution in [3.8, 4) is 0 Å². The molecule has 0 saturated carbocycles. The second-order valence-corrected chi connectivity index (χ2v) is 5.73. The lowest BCUT2D eigenvalue weighted by Gasteiger charge is -2.30. The molecule has 1 heteroatoms. The zero-order valence-electron chi connectivity index (χ0n) is 12.3. The summed E-state index contributed by atoms with van der Waals surface area (Å²) >= 11 is 0. The van der Waals surface area contributed by atoms with Gasteiger partial charge in [0.15, 0.2) is 0 Å². The van der Waals surface area contributed by atoms with Crippen molar-refractivity contribution in [2.75, 3.05) is 14.1 Å². The first-order valence-electron chi connectivity index (χ1n) is 6.57. The van der Waals surface area contributed by atoms with Gasteiger partial charge in [-0.05, 0) is 38.4 Å². The predicted octanol–water partition coefficient (Wildman–Crippen LogP) is 3.84. The van der Waals surface area contributed by atoms with Crippen LogP contribution in [0.1, 0.15) is 34.6 Å². The van der Waals surface area contributed by atoms with E-state index in [1.165, 1.54) is 17.1 Å². The number of hydrogen-bond acceptors (Lipinski definition) is 1. The summed E-state index contributed by atoms with van der Waals surface area (Å²) in [5.41, 5.74) is 6.31. The second-order valence-electron chi connectivity index (χ2n) is 5.73. The molecule has 0 fully saturated rings. The van der Waals surface area contributed by atoms with Crippen molar-refractivity contribution in [2.45, 2.75) is 40.7 Å². The van der Waals surface area contributed by atoms with E-state index in [0.717, 1.165) is 0 Å². The van der Waals surface area contributed by atoms with E-state index in [-0.39, 0.29) is 0 Å². The van der Waals surface area contributed by atoms with Crippen LogP contribution in [0.2, 0.25) is 0 Å². The molecule has 0 aliphatic heterocycles. The van der Waals surface area contributed by atoms with E-state index in [0.29, 0.717) is 17.9 Å². The van der Waals surface area contributed by atoms with Gasteiger partial charge in [0.25, 0.3) is 0 Å². The molecular weight excluding hydrogens is 206 g/mol. The van der Waals surface area contributed by atoms with E-state index in [9.17, 15) is 0 Å². The van der Waals surface area contributed by atoms with E-state index in [2.05, 4.69) is 71.5 Å². The maximum atomic E-state index is 3.63. The largest absolute Gasteiger partial charge is 0.302 e. The fourth-order valence-electron chi connectivity index (χ4n) is 1.98. The molecule has 0 spiro atoms.